The largest absolute Gasteiger partial charge is 0.0853 e. The van der Waals surface area contributed by atoms with Crippen LogP contribution >= 0.6 is 0 Å². The van der Waals surface area contributed by atoms with Crippen molar-refractivity contribution in [3.63, 3.8) is 0 Å². The highest BCUT2D eigenvalue weighted by Gasteiger charge is 2.22. The molecule has 0 N–H and O–H groups in total. The lowest BCUT2D eigenvalue weighted by atomic mass is 9.76. The fourth-order valence-electron chi connectivity index (χ4n) is 1.76. The molecule has 0 heterocycles. The van der Waals surface area contributed by atoms with Crippen LogP contribution in [0, 0.1) is 5.41 Å². The Labute approximate surface area is 78.1 Å². The van der Waals surface area contributed by atoms with E-state index in [2.05, 4.69) is 40.7 Å². The smallest absolute Gasteiger partial charge is 0.0122 e. The summed E-state index contributed by atoms with van der Waals surface area (Å²) in [6.07, 6.45) is 7.43. The normalized spacial score (nSPS) is 17.6. The second-order valence-electron chi connectivity index (χ2n) is 3.96. The standard InChI is InChI=1S/C12H24/c1-6-9-11(4)12(5,8-3)10-7-2/h9H,6-8,10H2,1-5H3. The van der Waals surface area contributed by atoms with Crippen LogP contribution in [-0.4, -0.2) is 0 Å². The third kappa shape index (κ3) is 3.00. The molecule has 0 aliphatic carbocycles. The molecule has 0 nitrogen and oxygen atoms in total. The maximum absolute atomic E-state index is 2.39. The molecule has 0 radical (unpaired) electrons. The molecule has 0 aliphatic rings. The minimum Gasteiger partial charge on any atom is -0.0853 e. The van der Waals surface area contributed by atoms with Crippen molar-refractivity contribution in [3.8, 4) is 0 Å². The van der Waals surface area contributed by atoms with Gasteiger partial charge in [0.05, 0.1) is 0 Å². The SMILES string of the molecule is CCC=C(C)C(C)(CC)CCC. The first-order valence-electron chi connectivity index (χ1n) is 5.28. The summed E-state index contributed by atoms with van der Waals surface area (Å²) in [7, 11) is 0. The van der Waals surface area contributed by atoms with Crippen LogP contribution in [0.4, 0.5) is 0 Å². The zero-order valence-corrected chi connectivity index (χ0v) is 9.41. The average Bonchev–Trinajstić information content (AvgIpc) is 2.05. The zero-order chi connectivity index (χ0) is 9.61. The molecular formula is C12H24. The average molecular weight is 168 g/mol. The van der Waals surface area contributed by atoms with Gasteiger partial charge in [0.2, 0.25) is 0 Å². The Morgan fingerprint density at radius 1 is 1.25 bits per heavy atom. The number of allylic oxidation sites excluding steroid dienone is 2. The monoisotopic (exact) mass is 168 g/mol. The molecule has 0 rings (SSSR count). The van der Waals surface area contributed by atoms with Gasteiger partial charge in [-0.3, -0.25) is 0 Å². The molecule has 0 aromatic carbocycles. The first-order valence-corrected chi connectivity index (χ1v) is 5.28. The molecule has 1 unspecified atom stereocenters. The summed E-state index contributed by atoms with van der Waals surface area (Å²) in [4.78, 5) is 0. The van der Waals surface area contributed by atoms with E-state index in [0.717, 1.165) is 0 Å². The second kappa shape index (κ2) is 5.40. The van der Waals surface area contributed by atoms with Gasteiger partial charge in [0.15, 0.2) is 0 Å². The van der Waals surface area contributed by atoms with Crippen molar-refractivity contribution < 1.29 is 0 Å². The van der Waals surface area contributed by atoms with Crippen molar-refractivity contribution in [1.29, 1.82) is 0 Å². The third-order valence-corrected chi connectivity index (χ3v) is 3.04. The summed E-state index contributed by atoms with van der Waals surface area (Å²) in [5.74, 6) is 0. The molecular weight excluding hydrogens is 144 g/mol. The van der Waals surface area contributed by atoms with Gasteiger partial charge in [-0.25, -0.2) is 0 Å². The molecule has 0 aliphatic heterocycles. The van der Waals surface area contributed by atoms with E-state index in [-0.39, 0.29) is 0 Å². The summed E-state index contributed by atoms with van der Waals surface area (Å²) in [6, 6.07) is 0. The molecule has 1 atom stereocenters. The fourth-order valence-corrected chi connectivity index (χ4v) is 1.76. The lowest BCUT2D eigenvalue weighted by Crippen LogP contribution is -2.16. The van der Waals surface area contributed by atoms with E-state index in [1.54, 1.807) is 5.57 Å². The molecule has 0 saturated heterocycles. The van der Waals surface area contributed by atoms with Crippen molar-refractivity contribution in [3.05, 3.63) is 11.6 Å². The molecule has 12 heavy (non-hydrogen) atoms. The molecule has 0 spiro atoms. The Bertz CT molecular complexity index is 144. The Morgan fingerprint density at radius 3 is 2.17 bits per heavy atom. The van der Waals surface area contributed by atoms with Crippen molar-refractivity contribution >= 4 is 0 Å². The van der Waals surface area contributed by atoms with E-state index in [4.69, 9.17) is 0 Å². The van der Waals surface area contributed by atoms with E-state index in [1.165, 1.54) is 25.7 Å². The maximum atomic E-state index is 2.39. The molecule has 72 valence electrons. The van der Waals surface area contributed by atoms with Gasteiger partial charge >= 0.3 is 0 Å². The minimum atomic E-state index is 0.463. The molecule has 0 aromatic rings. The van der Waals surface area contributed by atoms with Crippen LogP contribution in [0.1, 0.15) is 60.3 Å². The first kappa shape index (κ1) is 11.7. The summed E-state index contributed by atoms with van der Waals surface area (Å²) in [6.45, 7) is 11.4. The third-order valence-electron chi connectivity index (χ3n) is 3.04. The zero-order valence-electron chi connectivity index (χ0n) is 9.41. The molecule has 0 heteroatoms. The summed E-state index contributed by atoms with van der Waals surface area (Å²) in [5.41, 5.74) is 2.04. The highest BCUT2D eigenvalue weighted by atomic mass is 14.3. The van der Waals surface area contributed by atoms with E-state index in [9.17, 15) is 0 Å². The van der Waals surface area contributed by atoms with E-state index >= 15 is 0 Å². The Hall–Kier alpha value is -0.260. The van der Waals surface area contributed by atoms with Crippen LogP contribution in [0.25, 0.3) is 0 Å². The second-order valence-corrected chi connectivity index (χ2v) is 3.96. The van der Waals surface area contributed by atoms with E-state index in [1.807, 2.05) is 0 Å². The van der Waals surface area contributed by atoms with Gasteiger partial charge < -0.3 is 0 Å². The van der Waals surface area contributed by atoms with Crippen LogP contribution < -0.4 is 0 Å². The van der Waals surface area contributed by atoms with Crippen LogP contribution in [-0.2, 0) is 0 Å². The minimum absolute atomic E-state index is 0.463. The lowest BCUT2D eigenvalue weighted by molar-refractivity contribution is 0.346. The highest BCUT2D eigenvalue weighted by Crippen LogP contribution is 2.35. The number of hydrogen-bond donors (Lipinski definition) is 0. The van der Waals surface area contributed by atoms with E-state index in [0.29, 0.717) is 5.41 Å². The molecule has 0 saturated carbocycles. The van der Waals surface area contributed by atoms with Crippen LogP contribution in [0.5, 0.6) is 0 Å². The van der Waals surface area contributed by atoms with Crippen molar-refractivity contribution in [2.24, 2.45) is 5.41 Å². The molecule has 0 aromatic heterocycles. The Balaban J connectivity index is 4.39. The van der Waals surface area contributed by atoms with Gasteiger partial charge in [-0.15, -0.1) is 0 Å². The van der Waals surface area contributed by atoms with Gasteiger partial charge in [-0.1, -0.05) is 45.8 Å². The maximum Gasteiger partial charge on any atom is -0.0122 e. The van der Waals surface area contributed by atoms with E-state index < -0.39 is 0 Å². The predicted molar refractivity (Wildman–Crippen MR) is 57.4 cm³/mol. The molecule has 0 bridgehead atoms. The van der Waals surface area contributed by atoms with Gasteiger partial charge in [0.25, 0.3) is 0 Å². The molecule has 0 fully saturated rings. The van der Waals surface area contributed by atoms with Gasteiger partial charge in [-0.05, 0) is 31.6 Å². The summed E-state index contributed by atoms with van der Waals surface area (Å²) in [5, 5.41) is 0. The summed E-state index contributed by atoms with van der Waals surface area (Å²) >= 11 is 0. The van der Waals surface area contributed by atoms with Crippen LogP contribution in [0.15, 0.2) is 11.6 Å². The van der Waals surface area contributed by atoms with Crippen LogP contribution in [0.3, 0.4) is 0 Å². The topological polar surface area (TPSA) is 0 Å². The van der Waals surface area contributed by atoms with Gasteiger partial charge in [0.1, 0.15) is 0 Å². The predicted octanol–water partition coefficient (Wildman–Crippen LogP) is 4.56. The Morgan fingerprint density at radius 2 is 1.83 bits per heavy atom. The van der Waals surface area contributed by atoms with Crippen molar-refractivity contribution in [2.75, 3.05) is 0 Å². The number of hydrogen-bond acceptors (Lipinski definition) is 0. The fraction of sp³-hybridized carbons (Fsp3) is 0.833. The van der Waals surface area contributed by atoms with Crippen molar-refractivity contribution in [2.45, 2.75) is 60.3 Å². The van der Waals surface area contributed by atoms with Gasteiger partial charge in [-0.2, -0.15) is 0 Å². The van der Waals surface area contributed by atoms with Gasteiger partial charge in [0, 0.05) is 0 Å². The quantitative estimate of drug-likeness (QED) is 0.528. The summed E-state index contributed by atoms with van der Waals surface area (Å²) < 4.78 is 0. The number of rotatable bonds is 5. The Kier molecular flexibility index (Phi) is 5.28. The first-order chi connectivity index (χ1) is 5.60. The highest BCUT2D eigenvalue weighted by molar-refractivity contribution is 5.09. The van der Waals surface area contributed by atoms with Crippen molar-refractivity contribution in [1.82, 2.24) is 0 Å². The molecule has 0 amide bonds. The lowest BCUT2D eigenvalue weighted by Gasteiger charge is -2.29. The van der Waals surface area contributed by atoms with Crippen LogP contribution in [0.2, 0.25) is 0 Å².